The summed E-state index contributed by atoms with van der Waals surface area (Å²) in [6, 6.07) is 0.723. The number of nitrogens with zero attached hydrogens (tertiary/aromatic N) is 2. The number of hydrogen-bond acceptors (Lipinski definition) is 4. The van der Waals surface area contributed by atoms with Crippen LogP contribution in [0.25, 0.3) is 0 Å². The van der Waals surface area contributed by atoms with Crippen molar-refractivity contribution >= 4 is 0 Å². The molecular weight excluding hydrogens is 302 g/mol. The molecule has 0 aromatic carbocycles. The maximum absolute atomic E-state index is 12.8. The smallest absolute Gasteiger partial charge is 0.345 e. The number of piperazine rings is 1. The summed E-state index contributed by atoms with van der Waals surface area (Å²) in [5.41, 5.74) is 0. The molecule has 3 unspecified atom stereocenters. The van der Waals surface area contributed by atoms with Gasteiger partial charge in [0.05, 0.1) is 25.4 Å². The molecule has 3 aliphatic rings. The number of ether oxygens (including phenoxy) is 2. The van der Waals surface area contributed by atoms with Crippen molar-refractivity contribution in [2.75, 3.05) is 39.4 Å². The Hall–Kier alpha value is -0.300. The van der Waals surface area contributed by atoms with Crippen LogP contribution in [0.2, 0.25) is 0 Å². The van der Waals surface area contributed by atoms with Gasteiger partial charge in [0.2, 0.25) is 0 Å². The maximum atomic E-state index is 12.8. The SMILES string of the molecule is CC(C)C1CCC(N2CCN(C3COC3)CC2)C(OC(F)F)C1. The lowest BCUT2D eigenvalue weighted by Gasteiger charge is -2.48. The van der Waals surface area contributed by atoms with Gasteiger partial charge >= 0.3 is 6.61 Å². The largest absolute Gasteiger partial charge is 0.378 e. The van der Waals surface area contributed by atoms with Crippen LogP contribution in [0.4, 0.5) is 8.78 Å². The first-order valence-electron chi connectivity index (χ1n) is 9.04. The molecule has 134 valence electrons. The predicted molar refractivity (Wildman–Crippen MR) is 84.6 cm³/mol. The normalized spacial score (nSPS) is 35.0. The number of rotatable bonds is 5. The first-order valence-corrected chi connectivity index (χ1v) is 9.04. The van der Waals surface area contributed by atoms with Gasteiger partial charge in [-0.2, -0.15) is 8.78 Å². The summed E-state index contributed by atoms with van der Waals surface area (Å²) in [7, 11) is 0. The highest BCUT2D eigenvalue weighted by Gasteiger charge is 2.39. The topological polar surface area (TPSA) is 24.9 Å². The monoisotopic (exact) mass is 332 g/mol. The number of alkyl halides is 2. The van der Waals surface area contributed by atoms with Crippen LogP contribution in [0.15, 0.2) is 0 Å². The van der Waals surface area contributed by atoms with Crippen molar-refractivity contribution in [3.8, 4) is 0 Å². The molecule has 6 heteroatoms. The zero-order valence-corrected chi connectivity index (χ0v) is 14.3. The van der Waals surface area contributed by atoms with Crippen molar-refractivity contribution in [1.29, 1.82) is 0 Å². The van der Waals surface area contributed by atoms with Gasteiger partial charge in [0, 0.05) is 32.2 Å². The fourth-order valence-electron chi connectivity index (χ4n) is 4.31. The van der Waals surface area contributed by atoms with Gasteiger partial charge in [0.1, 0.15) is 0 Å². The molecule has 23 heavy (non-hydrogen) atoms. The van der Waals surface area contributed by atoms with Gasteiger partial charge < -0.3 is 9.47 Å². The minimum atomic E-state index is -2.66. The first-order chi connectivity index (χ1) is 11.0. The van der Waals surface area contributed by atoms with Crippen LogP contribution in [0.1, 0.15) is 33.1 Å². The number of halogens is 2. The van der Waals surface area contributed by atoms with Crippen LogP contribution in [0.5, 0.6) is 0 Å². The molecule has 0 radical (unpaired) electrons. The third-order valence-corrected chi connectivity index (χ3v) is 5.97. The summed E-state index contributed by atoms with van der Waals surface area (Å²) in [5, 5.41) is 0. The van der Waals surface area contributed by atoms with E-state index in [4.69, 9.17) is 9.47 Å². The third kappa shape index (κ3) is 4.21. The molecule has 0 bridgehead atoms. The summed E-state index contributed by atoms with van der Waals surface area (Å²) >= 11 is 0. The zero-order chi connectivity index (χ0) is 16.4. The van der Waals surface area contributed by atoms with Gasteiger partial charge in [0.15, 0.2) is 0 Å². The zero-order valence-electron chi connectivity index (χ0n) is 14.3. The second-order valence-electron chi connectivity index (χ2n) is 7.58. The molecular formula is C17H30F2N2O2. The van der Waals surface area contributed by atoms with Crippen molar-refractivity contribution in [3.05, 3.63) is 0 Å². The molecule has 0 amide bonds. The minimum Gasteiger partial charge on any atom is -0.378 e. The Morgan fingerprint density at radius 3 is 2.17 bits per heavy atom. The fraction of sp³-hybridized carbons (Fsp3) is 1.00. The van der Waals surface area contributed by atoms with E-state index in [1.165, 1.54) is 0 Å². The van der Waals surface area contributed by atoms with E-state index in [1.54, 1.807) is 0 Å². The van der Waals surface area contributed by atoms with E-state index in [1.807, 2.05) is 0 Å². The molecule has 3 atom stereocenters. The van der Waals surface area contributed by atoms with Crippen LogP contribution >= 0.6 is 0 Å². The molecule has 0 N–H and O–H groups in total. The predicted octanol–water partition coefficient (Wildman–Crippen LogP) is 2.44. The lowest BCUT2D eigenvalue weighted by atomic mass is 9.77. The number of hydrogen-bond donors (Lipinski definition) is 0. The molecule has 2 heterocycles. The summed E-state index contributed by atoms with van der Waals surface area (Å²) < 4.78 is 36.0. The average molecular weight is 332 g/mol. The van der Waals surface area contributed by atoms with Gasteiger partial charge in [-0.25, -0.2) is 0 Å². The van der Waals surface area contributed by atoms with Crippen molar-refractivity contribution in [3.63, 3.8) is 0 Å². The van der Waals surface area contributed by atoms with Gasteiger partial charge in [0.25, 0.3) is 0 Å². The Morgan fingerprint density at radius 2 is 1.65 bits per heavy atom. The van der Waals surface area contributed by atoms with Crippen LogP contribution in [0, 0.1) is 11.8 Å². The molecule has 2 saturated heterocycles. The Balaban J connectivity index is 1.56. The molecule has 3 fully saturated rings. The fourth-order valence-corrected chi connectivity index (χ4v) is 4.31. The Morgan fingerprint density at radius 1 is 1.00 bits per heavy atom. The molecule has 3 rings (SSSR count). The molecule has 0 aromatic heterocycles. The van der Waals surface area contributed by atoms with Crippen molar-refractivity contribution in [1.82, 2.24) is 9.80 Å². The lowest BCUT2D eigenvalue weighted by molar-refractivity contribution is -0.195. The van der Waals surface area contributed by atoms with Crippen molar-refractivity contribution < 1.29 is 18.3 Å². The third-order valence-electron chi connectivity index (χ3n) is 5.97. The summed E-state index contributed by atoms with van der Waals surface area (Å²) in [6.45, 7) is 7.33. The van der Waals surface area contributed by atoms with Crippen LogP contribution < -0.4 is 0 Å². The van der Waals surface area contributed by atoms with Crippen LogP contribution in [-0.4, -0.2) is 74.0 Å². The lowest BCUT2D eigenvalue weighted by Crippen LogP contribution is -2.60. The molecule has 1 saturated carbocycles. The first kappa shape index (κ1) is 17.5. The Bertz CT molecular complexity index is 372. The van der Waals surface area contributed by atoms with Gasteiger partial charge in [-0.15, -0.1) is 0 Å². The van der Waals surface area contributed by atoms with E-state index in [0.717, 1.165) is 58.7 Å². The molecule has 2 aliphatic heterocycles. The summed E-state index contributed by atoms with van der Waals surface area (Å²) in [6.07, 6.45) is 2.55. The van der Waals surface area contributed by atoms with E-state index >= 15 is 0 Å². The van der Waals surface area contributed by atoms with E-state index in [9.17, 15) is 8.78 Å². The molecule has 0 aromatic rings. The second kappa shape index (κ2) is 7.72. The van der Waals surface area contributed by atoms with Gasteiger partial charge in [-0.05, 0) is 31.1 Å². The highest BCUT2D eigenvalue weighted by atomic mass is 19.3. The van der Waals surface area contributed by atoms with E-state index in [2.05, 4.69) is 23.6 Å². The molecule has 1 aliphatic carbocycles. The summed E-state index contributed by atoms with van der Waals surface area (Å²) in [4.78, 5) is 4.86. The van der Waals surface area contributed by atoms with Gasteiger partial charge in [-0.1, -0.05) is 13.8 Å². The Kier molecular flexibility index (Phi) is 5.88. The minimum absolute atomic E-state index is 0.152. The molecule has 0 spiro atoms. The van der Waals surface area contributed by atoms with Crippen LogP contribution in [0.3, 0.4) is 0 Å². The van der Waals surface area contributed by atoms with E-state index in [-0.39, 0.29) is 12.1 Å². The highest BCUT2D eigenvalue weighted by molar-refractivity contribution is 4.92. The highest BCUT2D eigenvalue weighted by Crippen LogP contribution is 2.35. The van der Waals surface area contributed by atoms with Gasteiger partial charge in [-0.3, -0.25) is 9.80 Å². The van der Waals surface area contributed by atoms with Crippen molar-refractivity contribution in [2.24, 2.45) is 11.8 Å². The Labute approximate surface area is 138 Å². The maximum Gasteiger partial charge on any atom is 0.345 e. The van der Waals surface area contributed by atoms with Crippen LogP contribution in [-0.2, 0) is 9.47 Å². The standard InChI is InChI=1S/C17H30F2N2O2/c1-12(2)13-3-4-15(16(9-13)23-17(18)19)21-7-5-20(6-8-21)14-10-22-11-14/h12-17H,3-11H2,1-2H3. The average Bonchev–Trinajstić information content (AvgIpc) is 2.45. The second-order valence-corrected chi connectivity index (χ2v) is 7.58. The van der Waals surface area contributed by atoms with E-state index < -0.39 is 6.61 Å². The molecule has 4 nitrogen and oxygen atoms in total. The quantitative estimate of drug-likeness (QED) is 0.772. The summed E-state index contributed by atoms with van der Waals surface area (Å²) in [5.74, 6) is 1.04. The van der Waals surface area contributed by atoms with E-state index in [0.29, 0.717) is 17.9 Å². The van der Waals surface area contributed by atoms with Crippen molar-refractivity contribution in [2.45, 2.75) is 57.9 Å².